The van der Waals surface area contributed by atoms with Crippen molar-refractivity contribution in [2.45, 2.75) is 28.8 Å². The van der Waals surface area contributed by atoms with Crippen molar-refractivity contribution in [2.75, 3.05) is 5.73 Å². The lowest BCUT2D eigenvalue weighted by Crippen LogP contribution is -2.14. The molecule has 8 heteroatoms. The molecule has 20 heavy (non-hydrogen) atoms. The highest BCUT2D eigenvalue weighted by Gasteiger charge is 2.16. The third-order valence-electron chi connectivity index (χ3n) is 2.50. The molecule has 4 N–H and O–H groups in total. The summed E-state index contributed by atoms with van der Waals surface area (Å²) in [5.74, 6) is 0. The fourth-order valence-corrected chi connectivity index (χ4v) is 3.39. The second-order valence-electron chi connectivity index (χ2n) is 4.25. The van der Waals surface area contributed by atoms with Crippen LogP contribution in [-0.2, 0) is 10.0 Å². The van der Waals surface area contributed by atoms with Gasteiger partial charge in [0.05, 0.1) is 5.69 Å². The summed E-state index contributed by atoms with van der Waals surface area (Å²) in [6, 6.07) is 6.52. The number of benzene rings is 1. The quantitative estimate of drug-likeness (QED) is 0.656. The van der Waals surface area contributed by atoms with E-state index in [4.69, 9.17) is 10.9 Å². The van der Waals surface area contributed by atoms with Crippen LogP contribution in [0, 0.1) is 13.8 Å². The number of aryl methyl sites for hydroxylation is 2. The molecule has 0 atom stereocenters. The highest BCUT2D eigenvalue weighted by atomic mass is 32.2. The first-order chi connectivity index (χ1) is 9.27. The van der Waals surface area contributed by atoms with Gasteiger partial charge in [-0.3, -0.25) is 0 Å². The zero-order valence-corrected chi connectivity index (χ0v) is 12.6. The van der Waals surface area contributed by atoms with Gasteiger partial charge in [0.2, 0.25) is 10.0 Å². The normalized spacial score (nSPS) is 11.6. The molecule has 0 aliphatic carbocycles. The predicted octanol–water partition coefficient (Wildman–Crippen LogP) is 1.47. The van der Waals surface area contributed by atoms with Crippen LogP contribution in [0.2, 0.25) is 0 Å². The molecule has 2 aromatic rings. The Balaban J connectivity index is 2.44. The predicted molar refractivity (Wildman–Crippen MR) is 77.9 cm³/mol. The lowest BCUT2D eigenvalue weighted by atomic mass is 10.3. The molecule has 0 aliphatic heterocycles. The standard InChI is InChI=1S/C12H14N4O2S2/c1-7-6-8(2)16-12(15-7)19-9-4-3-5-10(11(9)13)20(14,17)18/h3-6H,13H2,1-2H3,(H2,14,17,18). The van der Waals surface area contributed by atoms with E-state index in [-0.39, 0.29) is 10.6 Å². The Morgan fingerprint density at radius 3 is 2.30 bits per heavy atom. The van der Waals surface area contributed by atoms with E-state index >= 15 is 0 Å². The molecule has 0 saturated heterocycles. The summed E-state index contributed by atoms with van der Waals surface area (Å²) in [7, 11) is -3.84. The van der Waals surface area contributed by atoms with Crippen LogP contribution in [0.3, 0.4) is 0 Å². The molecule has 106 valence electrons. The first-order valence-electron chi connectivity index (χ1n) is 5.69. The van der Waals surface area contributed by atoms with Crippen molar-refractivity contribution in [1.29, 1.82) is 0 Å². The van der Waals surface area contributed by atoms with E-state index in [0.29, 0.717) is 10.1 Å². The van der Waals surface area contributed by atoms with Crippen LogP contribution in [0.25, 0.3) is 0 Å². The van der Waals surface area contributed by atoms with Crippen LogP contribution in [0.5, 0.6) is 0 Å². The monoisotopic (exact) mass is 310 g/mol. The lowest BCUT2D eigenvalue weighted by Gasteiger charge is -2.09. The van der Waals surface area contributed by atoms with Gasteiger partial charge in [-0.1, -0.05) is 6.07 Å². The third kappa shape index (κ3) is 3.27. The second-order valence-corrected chi connectivity index (χ2v) is 6.79. The smallest absolute Gasteiger partial charge is 0.240 e. The van der Waals surface area contributed by atoms with Gasteiger partial charge in [0.15, 0.2) is 5.16 Å². The molecular formula is C12H14N4O2S2. The van der Waals surface area contributed by atoms with E-state index < -0.39 is 10.0 Å². The number of hydrogen-bond donors (Lipinski definition) is 2. The average molecular weight is 310 g/mol. The maximum Gasteiger partial charge on any atom is 0.240 e. The molecule has 1 aromatic carbocycles. The number of aromatic nitrogens is 2. The first-order valence-corrected chi connectivity index (χ1v) is 8.05. The van der Waals surface area contributed by atoms with Crippen molar-refractivity contribution < 1.29 is 8.42 Å². The molecule has 0 radical (unpaired) electrons. The SMILES string of the molecule is Cc1cc(C)nc(Sc2cccc(S(N)(=O)=O)c2N)n1. The van der Waals surface area contributed by atoms with Gasteiger partial charge < -0.3 is 5.73 Å². The minimum absolute atomic E-state index is 0.0909. The molecule has 0 unspecified atom stereocenters. The molecule has 0 spiro atoms. The van der Waals surface area contributed by atoms with Crippen molar-refractivity contribution in [3.05, 3.63) is 35.7 Å². The van der Waals surface area contributed by atoms with Crippen molar-refractivity contribution in [1.82, 2.24) is 9.97 Å². The molecule has 0 aliphatic rings. The zero-order valence-electron chi connectivity index (χ0n) is 11.0. The Morgan fingerprint density at radius 2 is 1.75 bits per heavy atom. The van der Waals surface area contributed by atoms with Gasteiger partial charge in [0.25, 0.3) is 0 Å². The van der Waals surface area contributed by atoms with Crippen LogP contribution < -0.4 is 10.9 Å². The zero-order chi connectivity index (χ0) is 14.9. The van der Waals surface area contributed by atoms with E-state index in [1.807, 2.05) is 19.9 Å². The maximum absolute atomic E-state index is 11.4. The molecule has 2 rings (SSSR count). The molecule has 1 heterocycles. The minimum Gasteiger partial charge on any atom is -0.397 e. The van der Waals surface area contributed by atoms with Gasteiger partial charge in [-0.2, -0.15) is 0 Å². The number of nitrogens with zero attached hydrogens (tertiary/aromatic N) is 2. The highest BCUT2D eigenvalue weighted by Crippen LogP contribution is 2.33. The average Bonchev–Trinajstić information content (AvgIpc) is 2.29. The fraction of sp³-hybridized carbons (Fsp3) is 0.167. The van der Waals surface area contributed by atoms with Crippen molar-refractivity contribution in [2.24, 2.45) is 5.14 Å². The third-order valence-corrected chi connectivity index (χ3v) is 4.41. The van der Waals surface area contributed by atoms with E-state index in [2.05, 4.69) is 9.97 Å². The molecule has 0 bridgehead atoms. The second kappa shape index (κ2) is 5.39. The largest absolute Gasteiger partial charge is 0.397 e. The highest BCUT2D eigenvalue weighted by molar-refractivity contribution is 7.99. The van der Waals surface area contributed by atoms with Crippen molar-refractivity contribution >= 4 is 27.5 Å². The molecule has 0 fully saturated rings. The summed E-state index contributed by atoms with van der Waals surface area (Å²) >= 11 is 1.21. The molecule has 0 saturated carbocycles. The molecular weight excluding hydrogens is 296 g/mol. The summed E-state index contributed by atoms with van der Waals surface area (Å²) in [6.45, 7) is 3.73. The topological polar surface area (TPSA) is 112 Å². The van der Waals surface area contributed by atoms with Crippen molar-refractivity contribution in [3.63, 3.8) is 0 Å². The minimum atomic E-state index is -3.84. The Hall–Kier alpha value is -1.64. The van der Waals surface area contributed by atoms with Gasteiger partial charge >= 0.3 is 0 Å². The maximum atomic E-state index is 11.4. The number of hydrogen-bond acceptors (Lipinski definition) is 6. The number of para-hydroxylation sites is 1. The Kier molecular flexibility index (Phi) is 3.98. The van der Waals surface area contributed by atoms with E-state index in [9.17, 15) is 8.42 Å². The van der Waals surface area contributed by atoms with Crippen LogP contribution in [-0.4, -0.2) is 18.4 Å². The molecule has 6 nitrogen and oxygen atoms in total. The van der Waals surface area contributed by atoms with Gasteiger partial charge in [-0.05, 0) is 43.8 Å². The van der Waals surface area contributed by atoms with Gasteiger partial charge in [0.1, 0.15) is 4.90 Å². The summed E-state index contributed by atoms with van der Waals surface area (Å²) in [6.07, 6.45) is 0. The number of nitrogen functional groups attached to an aromatic ring is 1. The first kappa shape index (κ1) is 14.8. The number of rotatable bonds is 3. The van der Waals surface area contributed by atoms with E-state index in [0.717, 1.165) is 11.4 Å². The van der Waals surface area contributed by atoms with Crippen LogP contribution in [0.15, 0.2) is 39.2 Å². The number of anilines is 1. The summed E-state index contributed by atoms with van der Waals surface area (Å²) < 4.78 is 22.8. The van der Waals surface area contributed by atoms with Gasteiger partial charge in [-0.15, -0.1) is 0 Å². The van der Waals surface area contributed by atoms with Crippen LogP contribution >= 0.6 is 11.8 Å². The summed E-state index contributed by atoms with van der Waals surface area (Å²) in [4.78, 5) is 9.02. The van der Waals surface area contributed by atoms with Gasteiger partial charge in [0, 0.05) is 16.3 Å². The molecule has 1 aromatic heterocycles. The fourth-order valence-electron chi connectivity index (χ4n) is 1.70. The van der Waals surface area contributed by atoms with Crippen LogP contribution in [0.4, 0.5) is 5.69 Å². The van der Waals surface area contributed by atoms with E-state index in [1.54, 1.807) is 12.1 Å². The number of nitrogens with two attached hydrogens (primary N) is 2. The Bertz CT molecular complexity index is 740. The Labute approximate surface area is 121 Å². The van der Waals surface area contributed by atoms with E-state index in [1.165, 1.54) is 17.8 Å². The lowest BCUT2D eigenvalue weighted by molar-refractivity contribution is 0.598. The van der Waals surface area contributed by atoms with Crippen molar-refractivity contribution in [3.8, 4) is 0 Å². The number of sulfonamides is 1. The molecule has 0 amide bonds. The van der Waals surface area contributed by atoms with Crippen LogP contribution in [0.1, 0.15) is 11.4 Å². The van der Waals surface area contributed by atoms with Gasteiger partial charge in [-0.25, -0.2) is 23.5 Å². The summed E-state index contributed by atoms with van der Waals surface area (Å²) in [5.41, 5.74) is 7.64. The Morgan fingerprint density at radius 1 is 1.15 bits per heavy atom. The summed E-state index contributed by atoms with van der Waals surface area (Å²) in [5, 5.41) is 5.63. The number of primary sulfonamides is 1.